The van der Waals surface area contributed by atoms with Gasteiger partial charge in [0, 0.05) is 32.6 Å². The van der Waals surface area contributed by atoms with Crippen molar-refractivity contribution >= 4 is 5.84 Å². The van der Waals surface area contributed by atoms with Gasteiger partial charge in [-0.25, -0.2) is 0 Å². The summed E-state index contributed by atoms with van der Waals surface area (Å²) in [5.41, 5.74) is 5.74. The van der Waals surface area contributed by atoms with Gasteiger partial charge in [0.15, 0.2) is 0 Å². The molecule has 0 aliphatic carbocycles. The van der Waals surface area contributed by atoms with Crippen molar-refractivity contribution in [3.8, 4) is 0 Å². The monoisotopic (exact) mass is 184 g/mol. The maximum Gasteiger partial charge on any atom is 0.119 e. The van der Waals surface area contributed by atoms with Crippen molar-refractivity contribution < 1.29 is 0 Å². The lowest BCUT2D eigenvalue weighted by molar-refractivity contribution is 0.158. The summed E-state index contributed by atoms with van der Waals surface area (Å²) in [6.07, 6.45) is 1.98. The summed E-state index contributed by atoms with van der Waals surface area (Å²) in [4.78, 5) is 2.31. The average Bonchev–Trinajstić information content (AvgIpc) is 2.09. The zero-order valence-electron chi connectivity index (χ0n) is 8.66. The fourth-order valence-electron chi connectivity index (χ4n) is 1.38. The number of rotatable bonds is 3. The maximum absolute atomic E-state index is 5.74. The highest BCUT2D eigenvalue weighted by molar-refractivity contribution is 5.79. The summed E-state index contributed by atoms with van der Waals surface area (Å²) in [5, 5.41) is 6.44. The molecule has 1 aliphatic rings. The number of amidine groups is 1. The molecule has 0 saturated carbocycles. The van der Waals surface area contributed by atoms with E-state index in [4.69, 9.17) is 5.73 Å². The minimum Gasteiger partial charge on any atom is -0.386 e. The first kappa shape index (κ1) is 10.3. The molecule has 0 aromatic rings. The lowest BCUT2D eigenvalue weighted by Gasteiger charge is -2.30. The van der Waals surface area contributed by atoms with Crippen LogP contribution in [0.5, 0.6) is 0 Å². The first-order valence-corrected chi connectivity index (χ1v) is 4.99. The Labute approximate surface area is 80.4 Å². The van der Waals surface area contributed by atoms with Crippen molar-refractivity contribution in [3.05, 3.63) is 0 Å². The van der Waals surface area contributed by atoms with Crippen LogP contribution in [0.4, 0.5) is 0 Å². The number of hydrazone groups is 1. The highest BCUT2D eigenvalue weighted by atomic mass is 15.5. The van der Waals surface area contributed by atoms with Crippen LogP contribution in [0.3, 0.4) is 0 Å². The predicted molar refractivity (Wildman–Crippen MR) is 55.6 cm³/mol. The second kappa shape index (κ2) is 5.07. The van der Waals surface area contributed by atoms with Crippen LogP contribution in [0.2, 0.25) is 0 Å². The molecule has 0 aromatic heterocycles. The minimum atomic E-state index is 0.770. The average molecular weight is 184 g/mol. The molecule has 1 saturated heterocycles. The van der Waals surface area contributed by atoms with Gasteiger partial charge in [0.2, 0.25) is 0 Å². The maximum atomic E-state index is 5.74. The quantitative estimate of drug-likeness (QED) is 0.507. The fraction of sp³-hybridized carbons (Fsp3) is 0.889. The molecule has 0 amide bonds. The predicted octanol–water partition coefficient (Wildman–Crippen LogP) is 0.306. The summed E-state index contributed by atoms with van der Waals surface area (Å²) < 4.78 is 0. The van der Waals surface area contributed by atoms with E-state index in [1.165, 1.54) is 0 Å². The molecule has 0 atom stereocenters. The summed E-state index contributed by atoms with van der Waals surface area (Å²) in [6, 6.07) is 0. The van der Waals surface area contributed by atoms with Crippen molar-refractivity contribution in [3.63, 3.8) is 0 Å². The SMILES string of the molecule is CCC/C(N)=N/N1CCN(C)CC1. The van der Waals surface area contributed by atoms with Gasteiger partial charge >= 0.3 is 0 Å². The number of likely N-dealkylation sites (N-methyl/N-ethyl adjacent to an activating group) is 1. The molecule has 0 aromatic carbocycles. The van der Waals surface area contributed by atoms with Gasteiger partial charge in [-0.05, 0) is 13.5 Å². The molecule has 0 radical (unpaired) electrons. The van der Waals surface area contributed by atoms with Gasteiger partial charge in [0.05, 0.1) is 0 Å². The van der Waals surface area contributed by atoms with E-state index in [-0.39, 0.29) is 0 Å². The van der Waals surface area contributed by atoms with Gasteiger partial charge in [-0.15, -0.1) is 0 Å². The largest absolute Gasteiger partial charge is 0.386 e. The molecular formula is C9H20N4. The van der Waals surface area contributed by atoms with Crippen LogP contribution in [0.15, 0.2) is 5.10 Å². The van der Waals surface area contributed by atoms with E-state index in [0.717, 1.165) is 44.9 Å². The van der Waals surface area contributed by atoms with Crippen LogP contribution in [-0.2, 0) is 0 Å². The Bertz CT molecular complexity index is 170. The van der Waals surface area contributed by atoms with E-state index in [1.807, 2.05) is 0 Å². The summed E-state index contributed by atoms with van der Waals surface area (Å²) in [5.74, 6) is 0.770. The molecule has 1 rings (SSSR count). The van der Waals surface area contributed by atoms with E-state index in [0.29, 0.717) is 0 Å². The van der Waals surface area contributed by atoms with Crippen molar-refractivity contribution in [2.75, 3.05) is 33.2 Å². The van der Waals surface area contributed by atoms with Crippen molar-refractivity contribution in [2.45, 2.75) is 19.8 Å². The number of nitrogens with two attached hydrogens (primary N) is 1. The van der Waals surface area contributed by atoms with Crippen molar-refractivity contribution in [2.24, 2.45) is 10.8 Å². The smallest absolute Gasteiger partial charge is 0.119 e. The Balaban J connectivity index is 2.32. The van der Waals surface area contributed by atoms with Crippen molar-refractivity contribution in [1.82, 2.24) is 9.91 Å². The number of hydrogen-bond acceptors (Lipinski definition) is 3. The third-order valence-corrected chi connectivity index (χ3v) is 2.26. The first-order chi connectivity index (χ1) is 6.22. The molecule has 1 heterocycles. The summed E-state index contributed by atoms with van der Waals surface area (Å²) in [7, 11) is 2.14. The molecule has 4 heteroatoms. The summed E-state index contributed by atoms with van der Waals surface area (Å²) in [6.45, 7) is 6.29. The molecule has 4 nitrogen and oxygen atoms in total. The zero-order valence-corrected chi connectivity index (χ0v) is 8.66. The molecular weight excluding hydrogens is 164 g/mol. The number of piperazine rings is 1. The van der Waals surface area contributed by atoms with E-state index in [9.17, 15) is 0 Å². The Morgan fingerprint density at radius 2 is 1.92 bits per heavy atom. The van der Waals surface area contributed by atoms with Crippen molar-refractivity contribution in [1.29, 1.82) is 0 Å². The highest BCUT2D eigenvalue weighted by Gasteiger charge is 2.11. The normalized spacial score (nSPS) is 20.8. The Morgan fingerprint density at radius 1 is 1.31 bits per heavy atom. The first-order valence-electron chi connectivity index (χ1n) is 4.99. The van der Waals surface area contributed by atoms with Gasteiger partial charge in [0.25, 0.3) is 0 Å². The molecule has 13 heavy (non-hydrogen) atoms. The third-order valence-electron chi connectivity index (χ3n) is 2.26. The van der Waals surface area contributed by atoms with Crippen LogP contribution in [0.25, 0.3) is 0 Å². The van der Waals surface area contributed by atoms with Crippen LogP contribution in [-0.4, -0.2) is 49.0 Å². The molecule has 1 aliphatic heterocycles. The van der Waals surface area contributed by atoms with Crippen LogP contribution >= 0.6 is 0 Å². The van der Waals surface area contributed by atoms with Gasteiger partial charge in [-0.2, -0.15) is 5.10 Å². The van der Waals surface area contributed by atoms with E-state index in [2.05, 4.69) is 29.0 Å². The standard InChI is InChI=1S/C9H20N4/c1-3-4-9(10)11-13-7-5-12(2)6-8-13/h3-8H2,1-2H3,(H2,10,11). The Kier molecular flexibility index (Phi) is 4.02. The van der Waals surface area contributed by atoms with Gasteiger partial charge < -0.3 is 10.6 Å². The Morgan fingerprint density at radius 3 is 2.46 bits per heavy atom. The number of nitrogens with zero attached hydrogens (tertiary/aromatic N) is 3. The summed E-state index contributed by atoms with van der Waals surface area (Å²) >= 11 is 0. The minimum absolute atomic E-state index is 0.770. The van der Waals surface area contributed by atoms with E-state index < -0.39 is 0 Å². The van der Waals surface area contributed by atoms with E-state index >= 15 is 0 Å². The second-order valence-corrected chi connectivity index (χ2v) is 3.60. The number of hydrogen-bond donors (Lipinski definition) is 1. The zero-order chi connectivity index (χ0) is 9.68. The molecule has 0 unspecified atom stereocenters. The lowest BCUT2D eigenvalue weighted by Crippen LogP contribution is -2.42. The van der Waals surface area contributed by atoms with E-state index in [1.54, 1.807) is 0 Å². The molecule has 0 spiro atoms. The van der Waals surface area contributed by atoms with Gasteiger partial charge in [-0.3, -0.25) is 5.01 Å². The highest BCUT2D eigenvalue weighted by Crippen LogP contribution is 2.00. The van der Waals surface area contributed by atoms with Crippen LogP contribution in [0.1, 0.15) is 19.8 Å². The second-order valence-electron chi connectivity index (χ2n) is 3.60. The van der Waals surface area contributed by atoms with Crippen LogP contribution in [0, 0.1) is 0 Å². The molecule has 0 bridgehead atoms. The molecule has 76 valence electrons. The van der Waals surface area contributed by atoms with Gasteiger partial charge in [-0.1, -0.05) is 6.92 Å². The fourth-order valence-corrected chi connectivity index (χ4v) is 1.38. The topological polar surface area (TPSA) is 44.9 Å². The molecule has 1 fully saturated rings. The van der Waals surface area contributed by atoms with Crippen LogP contribution < -0.4 is 5.73 Å². The third kappa shape index (κ3) is 3.63. The molecule has 2 N–H and O–H groups in total. The van der Waals surface area contributed by atoms with Gasteiger partial charge in [0.1, 0.15) is 5.84 Å². The lowest BCUT2D eigenvalue weighted by atomic mass is 10.3. The Hall–Kier alpha value is -0.770.